The van der Waals surface area contributed by atoms with Crippen LogP contribution in [-0.4, -0.2) is 23.6 Å². The molecule has 0 saturated heterocycles. The number of nitrogens with zero attached hydrogens (tertiary/aromatic N) is 2. The van der Waals surface area contributed by atoms with Gasteiger partial charge in [-0.15, -0.1) is 0 Å². The van der Waals surface area contributed by atoms with Crippen LogP contribution in [0.4, 0.5) is 11.4 Å². The van der Waals surface area contributed by atoms with Gasteiger partial charge >= 0.3 is 0 Å². The Morgan fingerprint density at radius 2 is 0.947 bits per heavy atom. The van der Waals surface area contributed by atoms with E-state index in [4.69, 9.17) is 0 Å². The Kier molecular flexibility index (Phi) is 5.72. The minimum atomic E-state index is -0.283. The number of amides is 4. The van der Waals surface area contributed by atoms with Crippen molar-refractivity contribution >= 4 is 56.5 Å². The highest BCUT2D eigenvalue weighted by Crippen LogP contribution is 2.45. The summed E-state index contributed by atoms with van der Waals surface area (Å²) < 4.78 is 0. The Morgan fingerprint density at radius 3 is 1.45 bits per heavy atom. The summed E-state index contributed by atoms with van der Waals surface area (Å²) >= 11 is 0. The van der Waals surface area contributed by atoms with Crippen LogP contribution in [0, 0.1) is 6.92 Å². The van der Waals surface area contributed by atoms with Crippen molar-refractivity contribution < 1.29 is 19.2 Å². The normalized spacial score (nSPS) is 16.7. The van der Waals surface area contributed by atoms with Gasteiger partial charge in [-0.25, -0.2) is 9.80 Å². The Balaban J connectivity index is 0.000000140. The third-order valence-corrected chi connectivity index (χ3v) is 7.17. The number of carbonyl (C=O) groups excluding carboxylic acids is 4. The minimum absolute atomic E-state index is 0.265. The van der Waals surface area contributed by atoms with Gasteiger partial charge in [0.25, 0.3) is 23.6 Å². The number of imide groups is 2. The number of benzene rings is 4. The molecule has 1 fully saturated rings. The zero-order chi connectivity index (χ0) is 26.4. The standard InChI is InChI=1S/C17H13NO2.C15H11NO2/c19-16-9-10-17(20)18(16)15-8-7-12(11-5-6-11)13-3-1-2-4-14(13)15;1-10-6-7-13(12-5-3-2-4-11(10)12)16-14(17)8-9-15(16)18/h1-4,7-11H,5-6H2;2-9H,1H3. The SMILES string of the molecule is Cc1ccc(N2C(=O)C=CC2=O)c2ccccc12.O=C1C=CC(=O)N1c1ccc(C2CC2)c2ccccc12. The average molecular weight is 501 g/mol. The van der Waals surface area contributed by atoms with Crippen LogP contribution in [0.1, 0.15) is 29.9 Å². The molecule has 0 unspecified atom stereocenters. The van der Waals surface area contributed by atoms with Crippen LogP contribution in [0.5, 0.6) is 0 Å². The van der Waals surface area contributed by atoms with Crippen molar-refractivity contribution in [1.29, 1.82) is 0 Å². The van der Waals surface area contributed by atoms with Crippen LogP contribution in [0.3, 0.4) is 0 Å². The molecule has 6 heteroatoms. The number of hydrogen-bond donors (Lipinski definition) is 0. The first kappa shape index (κ1) is 23.6. The molecular weight excluding hydrogens is 476 g/mol. The maximum absolute atomic E-state index is 11.9. The van der Waals surface area contributed by atoms with Crippen molar-refractivity contribution in [2.75, 3.05) is 9.80 Å². The lowest BCUT2D eigenvalue weighted by Gasteiger charge is -2.18. The summed E-state index contributed by atoms with van der Waals surface area (Å²) in [6.45, 7) is 2.01. The van der Waals surface area contributed by atoms with Gasteiger partial charge in [-0.2, -0.15) is 0 Å². The number of rotatable bonds is 3. The second-order valence-corrected chi connectivity index (χ2v) is 9.63. The number of aryl methyl sites for hydroxylation is 1. The summed E-state index contributed by atoms with van der Waals surface area (Å²) in [4.78, 5) is 49.7. The van der Waals surface area contributed by atoms with Crippen molar-refractivity contribution in [3.05, 3.63) is 108 Å². The van der Waals surface area contributed by atoms with Crippen LogP contribution >= 0.6 is 0 Å². The van der Waals surface area contributed by atoms with Crippen LogP contribution in [-0.2, 0) is 19.2 Å². The first-order valence-corrected chi connectivity index (χ1v) is 12.6. The fourth-order valence-electron chi connectivity index (χ4n) is 5.16. The van der Waals surface area contributed by atoms with Crippen molar-refractivity contribution in [2.24, 2.45) is 0 Å². The number of fused-ring (bicyclic) bond motifs is 2. The van der Waals surface area contributed by atoms with Gasteiger partial charge in [-0.05, 0) is 59.7 Å². The van der Waals surface area contributed by atoms with E-state index in [9.17, 15) is 19.2 Å². The smallest absolute Gasteiger partial charge is 0.258 e. The zero-order valence-corrected chi connectivity index (χ0v) is 20.8. The molecule has 2 aliphatic heterocycles. The Labute approximate surface area is 219 Å². The lowest BCUT2D eigenvalue weighted by atomic mass is 9.99. The molecule has 4 aromatic carbocycles. The predicted molar refractivity (Wildman–Crippen MR) is 148 cm³/mol. The lowest BCUT2D eigenvalue weighted by molar-refractivity contribution is -0.121. The van der Waals surface area contributed by atoms with E-state index in [1.165, 1.54) is 52.5 Å². The van der Waals surface area contributed by atoms with E-state index < -0.39 is 0 Å². The average Bonchev–Trinajstić information content (AvgIpc) is 3.65. The van der Waals surface area contributed by atoms with Gasteiger partial charge in [0.1, 0.15) is 0 Å². The fraction of sp³-hybridized carbons (Fsp3) is 0.125. The van der Waals surface area contributed by atoms with Gasteiger partial charge < -0.3 is 0 Å². The minimum Gasteiger partial charge on any atom is -0.269 e. The largest absolute Gasteiger partial charge is 0.269 e. The van der Waals surface area contributed by atoms with E-state index in [0.717, 1.165) is 27.1 Å². The first-order chi connectivity index (χ1) is 18.4. The highest BCUT2D eigenvalue weighted by Gasteiger charge is 2.30. The molecule has 0 radical (unpaired) electrons. The van der Waals surface area contributed by atoms with Crippen molar-refractivity contribution in [3.8, 4) is 0 Å². The molecule has 6 nitrogen and oxygen atoms in total. The van der Waals surface area contributed by atoms with Crippen LogP contribution < -0.4 is 9.80 Å². The molecule has 1 aliphatic carbocycles. The summed E-state index contributed by atoms with van der Waals surface area (Å²) in [5, 5.41) is 4.10. The second-order valence-electron chi connectivity index (χ2n) is 9.63. The number of anilines is 2. The zero-order valence-electron chi connectivity index (χ0n) is 20.8. The van der Waals surface area contributed by atoms with Crippen LogP contribution in [0.25, 0.3) is 21.5 Å². The molecular formula is C32H24N2O4. The number of hydrogen-bond acceptors (Lipinski definition) is 4. The molecule has 0 aromatic heterocycles. The summed E-state index contributed by atoms with van der Waals surface area (Å²) in [5.74, 6) is -0.460. The molecule has 4 amide bonds. The molecule has 0 bridgehead atoms. The molecule has 0 spiro atoms. The Hall–Kier alpha value is -4.84. The van der Waals surface area contributed by atoms with E-state index in [2.05, 4.69) is 12.1 Å². The van der Waals surface area contributed by atoms with E-state index in [1.54, 1.807) is 0 Å². The van der Waals surface area contributed by atoms with E-state index in [0.29, 0.717) is 17.3 Å². The lowest BCUT2D eigenvalue weighted by Crippen LogP contribution is -2.29. The molecule has 4 aromatic rings. The molecule has 7 rings (SSSR count). The highest BCUT2D eigenvalue weighted by molar-refractivity contribution is 6.31. The van der Waals surface area contributed by atoms with Crippen molar-refractivity contribution in [1.82, 2.24) is 0 Å². The van der Waals surface area contributed by atoms with Gasteiger partial charge in [0.05, 0.1) is 11.4 Å². The molecule has 186 valence electrons. The predicted octanol–water partition coefficient (Wildman–Crippen LogP) is 5.72. The van der Waals surface area contributed by atoms with E-state index in [-0.39, 0.29) is 23.6 Å². The third-order valence-electron chi connectivity index (χ3n) is 7.17. The summed E-state index contributed by atoms with van der Waals surface area (Å²) in [6.07, 6.45) is 7.71. The molecule has 0 atom stereocenters. The molecule has 1 saturated carbocycles. The summed E-state index contributed by atoms with van der Waals surface area (Å²) in [5.41, 5.74) is 3.79. The Morgan fingerprint density at radius 1 is 0.526 bits per heavy atom. The van der Waals surface area contributed by atoms with Gasteiger partial charge in [0.15, 0.2) is 0 Å². The molecule has 0 N–H and O–H groups in total. The number of carbonyl (C=O) groups is 4. The van der Waals surface area contributed by atoms with Gasteiger partial charge in [0, 0.05) is 35.1 Å². The van der Waals surface area contributed by atoms with E-state index in [1.807, 2.05) is 67.6 Å². The molecule has 2 heterocycles. The topological polar surface area (TPSA) is 74.8 Å². The highest BCUT2D eigenvalue weighted by atomic mass is 16.2. The monoisotopic (exact) mass is 500 g/mol. The summed E-state index contributed by atoms with van der Waals surface area (Å²) in [6, 6.07) is 23.5. The maximum Gasteiger partial charge on any atom is 0.258 e. The van der Waals surface area contributed by atoms with Crippen molar-refractivity contribution in [3.63, 3.8) is 0 Å². The summed E-state index contributed by atoms with van der Waals surface area (Å²) in [7, 11) is 0. The van der Waals surface area contributed by atoms with Crippen molar-refractivity contribution in [2.45, 2.75) is 25.7 Å². The molecule has 3 aliphatic rings. The van der Waals surface area contributed by atoms with Gasteiger partial charge in [-0.3, -0.25) is 19.2 Å². The third kappa shape index (κ3) is 4.00. The Bertz CT molecular complexity index is 1690. The fourth-order valence-corrected chi connectivity index (χ4v) is 5.16. The molecule has 38 heavy (non-hydrogen) atoms. The van der Waals surface area contributed by atoms with Crippen LogP contribution in [0.15, 0.2) is 97.1 Å². The second kappa shape index (κ2) is 9.23. The maximum atomic E-state index is 11.9. The van der Waals surface area contributed by atoms with Gasteiger partial charge in [0.2, 0.25) is 0 Å². The quantitative estimate of drug-likeness (QED) is 0.337. The van der Waals surface area contributed by atoms with Gasteiger partial charge in [-0.1, -0.05) is 60.7 Å². The van der Waals surface area contributed by atoms with E-state index >= 15 is 0 Å². The first-order valence-electron chi connectivity index (χ1n) is 12.6. The van der Waals surface area contributed by atoms with Crippen LogP contribution in [0.2, 0.25) is 0 Å².